The van der Waals surface area contributed by atoms with Crippen LogP contribution in [0.1, 0.15) is 24.2 Å². The summed E-state index contributed by atoms with van der Waals surface area (Å²) in [5, 5.41) is 11.8. The Bertz CT molecular complexity index is 289. The van der Waals surface area contributed by atoms with Gasteiger partial charge in [-0.05, 0) is 26.7 Å². The molecule has 0 bridgehead atoms. The maximum atomic E-state index is 8.59. The molecule has 0 fully saturated rings. The predicted octanol–water partition coefficient (Wildman–Crippen LogP) is 1.28. The molecule has 1 aromatic rings. The number of hydrogen-bond acceptors (Lipinski definition) is 4. The van der Waals surface area contributed by atoms with Crippen molar-refractivity contribution in [2.75, 3.05) is 18.5 Å². The molecular weight excluding hydrogens is 178 g/mol. The molecule has 4 nitrogen and oxygen atoms in total. The summed E-state index contributed by atoms with van der Waals surface area (Å²) in [6, 6.07) is 0. The van der Waals surface area contributed by atoms with Gasteiger partial charge in [0.2, 0.25) is 0 Å². The molecule has 0 aliphatic heterocycles. The van der Waals surface area contributed by atoms with Gasteiger partial charge in [0, 0.05) is 13.2 Å². The topological polar surface area (TPSA) is 58.0 Å². The van der Waals surface area contributed by atoms with E-state index < -0.39 is 0 Å². The van der Waals surface area contributed by atoms with Gasteiger partial charge in [-0.1, -0.05) is 0 Å². The number of unbranched alkanes of at least 4 members (excludes halogenated alkanes) is 1. The third-order valence-corrected chi connectivity index (χ3v) is 2.08. The highest BCUT2D eigenvalue weighted by Crippen LogP contribution is 2.05. The van der Waals surface area contributed by atoms with Gasteiger partial charge in [0.25, 0.3) is 0 Å². The van der Waals surface area contributed by atoms with Gasteiger partial charge < -0.3 is 10.4 Å². The van der Waals surface area contributed by atoms with Crippen LogP contribution in [0.15, 0.2) is 6.20 Å². The number of aryl methyl sites for hydroxylation is 2. The highest BCUT2D eigenvalue weighted by Gasteiger charge is 1.97. The van der Waals surface area contributed by atoms with Crippen LogP contribution >= 0.6 is 0 Å². The number of aliphatic hydroxyl groups excluding tert-OH is 1. The van der Waals surface area contributed by atoms with E-state index in [4.69, 9.17) is 5.11 Å². The van der Waals surface area contributed by atoms with Crippen molar-refractivity contribution in [3.8, 4) is 0 Å². The summed E-state index contributed by atoms with van der Waals surface area (Å²) >= 11 is 0. The lowest BCUT2D eigenvalue weighted by molar-refractivity contribution is 0.286. The molecule has 0 saturated carbocycles. The van der Waals surface area contributed by atoms with Crippen LogP contribution in [-0.4, -0.2) is 28.2 Å². The molecule has 0 aliphatic rings. The molecule has 1 rings (SSSR count). The maximum Gasteiger partial charge on any atom is 0.144 e. The predicted molar refractivity (Wildman–Crippen MR) is 56.3 cm³/mol. The average Bonchev–Trinajstić information content (AvgIpc) is 2.18. The summed E-state index contributed by atoms with van der Waals surface area (Å²) < 4.78 is 0. The Kier molecular flexibility index (Phi) is 4.32. The fraction of sp³-hybridized carbons (Fsp3) is 0.600. The first-order valence-electron chi connectivity index (χ1n) is 4.89. The van der Waals surface area contributed by atoms with Crippen molar-refractivity contribution in [3.05, 3.63) is 17.6 Å². The minimum Gasteiger partial charge on any atom is -0.396 e. The number of aromatic nitrogens is 2. The largest absolute Gasteiger partial charge is 0.396 e. The van der Waals surface area contributed by atoms with E-state index in [9.17, 15) is 0 Å². The van der Waals surface area contributed by atoms with Gasteiger partial charge >= 0.3 is 0 Å². The van der Waals surface area contributed by atoms with Gasteiger partial charge in [-0.2, -0.15) is 0 Å². The molecule has 2 N–H and O–H groups in total. The standard InChI is InChI=1S/C10H17N3O/c1-8-9(2)13-10(7-12-8)11-5-3-4-6-14/h7,14H,3-6H2,1-2H3,(H,11,13). The van der Waals surface area contributed by atoms with E-state index in [1.165, 1.54) is 0 Å². The molecule has 0 atom stereocenters. The van der Waals surface area contributed by atoms with Gasteiger partial charge in [0.15, 0.2) is 0 Å². The van der Waals surface area contributed by atoms with E-state index in [0.717, 1.165) is 36.6 Å². The van der Waals surface area contributed by atoms with Gasteiger partial charge in [-0.25, -0.2) is 4.98 Å². The van der Waals surface area contributed by atoms with Crippen LogP contribution in [-0.2, 0) is 0 Å². The molecule has 4 heteroatoms. The molecule has 0 saturated heterocycles. The lowest BCUT2D eigenvalue weighted by atomic mass is 10.3. The Balaban J connectivity index is 2.39. The van der Waals surface area contributed by atoms with Crippen molar-refractivity contribution in [2.45, 2.75) is 26.7 Å². The summed E-state index contributed by atoms with van der Waals surface area (Å²) in [4.78, 5) is 8.54. The number of hydrogen-bond donors (Lipinski definition) is 2. The molecule has 0 aliphatic carbocycles. The molecular formula is C10H17N3O. The van der Waals surface area contributed by atoms with E-state index in [2.05, 4.69) is 15.3 Å². The summed E-state index contributed by atoms with van der Waals surface area (Å²) in [6.45, 7) is 4.97. The first-order valence-corrected chi connectivity index (χ1v) is 4.89. The zero-order valence-corrected chi connectivity index (χ0v) is 8.75. The van der Waals surface area contributed by atoms with Gasteiger partial charge in [-0.3, -0.25) is 4.98 Å². The quantitative estimate of drug-likeness (QED) is 0.695. The Hall–Kier alpha value is -1.16. The molecule has 0 spiro atoms. The zero-order valence-electron chi connectivity index (χ0n) is 8.75. The van der Waals surface area contributed by atoms with E-state index >= 15 is 0 Å². The summed E-state index contributed by atoms with van der Waals surface area (Å²) in [5.74, 6) is 0.811. The minimum absolute atomic E-state index is 0.250. The van der Waals surface area contributed by atoms with Gasteiger partial charge in [0.05, 0.1) is 17.6 Å². The van der Waals surface area contributed by atoms with Crippen molar-refractivity contribution < 1.29 is 5.11 Å². The molecule has 78 valence electrons. The lowest BCUT2D eigenvalue weighted by Gasteiger charge is -2.06. The molecule has 0 amide bonds. The summed E-state index contributed by atoms with van der Waals surface area (Å²) in [5.41, 5.74) is 1.92. The molecule has 0 unspecified atom stereocenters. The smallest absolute Gasteiger partial charge is 0.144 e. The normalized spacial score (nSPS) is 10.2. The van der Waals surface area contributed by atoms with Crippen LogP contribution in [0.2, 0.25) is 0 Å². The Morgan fingerprint density at radius 1 is 1.29 bits per heavy atom. The molecule has 14 heavy (non-hydrogen) atoms. The Labute approximate surface area is 84.4 Å². The highest BCUT2D eigenvalue weighted by molar-refractivity contribution is 5.32. The van der Waals surface area contributed by atoms with E-state index in [1.54, 1.807) is 6.20 Å². The molecule has 0 radical (unpaired) electrons. The second-order valence-electron chi connectivity index (χ2n) is 3.28. The summed E-state index contributed by atoms with van der Waals surface area (Å²) in [7, 11) is 0. The third-order valence-electron chi connectivity index (χ3n) is 2.08. The van der Waals surface area contributed by atoms with E-state index in [-0.39, 0.29) is 6.61 Å². The number of nitrogens with zero attached hydrogens (tertiary/aromatic N) is 2. The van der Waals surface area contributed by atoms with Crippen LogP contribution < -0.4 is 5.32 Å². The van der Waals surface area contributed by atoms with E-state index in [1.807, 2.05) is 13.8 Å². The van der Waals surface area contributed by atoms with Crippen LogP contribution in [0.3, 0.4) is 0 Å². The summed E-state index contributed by atoms with van der Waals surface area (Å²) in [6.07, 6.45) is 3.51. The first kappa shape index (κ1) is 10.9. The molecule has 1 heterocycles. The third kappa shape index (κ3) is 3.30. The first-order chi connectivity index (χ1) is 6.74. The minimum atomic E-state index is 0.250. The monoisotopic (exact) mass is 195 g/mol. The van der Waals surface area contributed by atoms with E-state index in [0.29, 0.717) is 0 Å². The van der Waals surface area contributed by atoms with Crippen molar-refractivity contribution in [3.63, 3.8) is 0 Å². The van der Waals surface area contributed by atoms with Crippen LogP contribution in [0, 0.1) is 13.8 Å². The second-order valence-corrected chi connectivity index (χ2v) is 3.28. The van der Waals surface area contributed by atoms with Crippen molar-refractivity contribution >= 4 is 5.82 Å². The number of nitrogens with one attached hydrogen (secondary N) is 1. The maximum absolute atomic E-state index is 8.59. The van der Waals surface area contributed by atoms with Crippen molar-refractivity contribution in [1.82, 2.24) is 9.97 Å². The van der Waals surface area contributed by atoms with Gasteiger partial charge in [-0.15, -0.1) is 0 Å². The second kappa shape index (κ2) is 5.54. The zero-order chi connectivity index (χ0) is 10.4. The van der Waals surface area contributed by atoms with Crippen molar-refractivity contribution in [1.29, 1.82) is 0 Å². The fourth-order valence-electron chi connectivity index (χ4n) is 1.08. The SMILES string of the molecule is Cc1ncc(NCCCCO)nc1C. The fourth-order valence-corrected chi connectivity index (χ4v) is 1.08. The van der Waals surface area contributed by atoms with Crippen LogP contribution in [0.4, 0.5) is 5.82 Å². The van der Waals surface area contributed by atoms with Crippen LogP contribution in [0.5, 0.6) is 0 Å². The molecule has 0 aromatic carbocycles. The Morgan fingerprint density at radius 3 is 2.71 bits per heavy atom. The molecule has 1 aromatic heterocycles. The van der Waals surface area contributed by atoms with Crippen LogP contribution in [0.25, 0.3) is 0 Å². The lowest BCUT2D eigenvalue weighted by Crippen LogP contribution is -2.06. The number of anilines is 1. The van der Waals surface area contributed by atoms with Gasteiger partial charge in [0.1, 0.15) is 5.82 Å². The Morgan fingerprint density at radius 2 is 2.07 bits per heavy atom. The van der Waals surface area contributed by atoms with Crippen molar-refractivity contribution in [2.24, 2.45) is 0 Å². The average molecular weight is 195 g/mol. The highest BCUT2D eigenvalue weighted by atomic mass is 16.2. The number of aliphatic hydroxyl groups is 1. The number of rotatable bonds is 5.